The normalized spacial score (nSPS) is 18.2. The number of hydrogen-bond donors (Lipinski definition) is 1. The van der Waals surface area contributed by atoms with Gasteiger partial charge in [-0.2, -0.15) is 0 Å². The Kier molecular flexibility index (Phi) is 3.79. The lowest BCUT2D eigenvalue weighted by molar-refractivity contribution is -0.115. The molecular weight excluding hydrogens is 288 g/mol. The molecule has 1 amide bonds. The first-order valence-electron chi connectivity index (χ1n) is 6.20. The number of nitrogens with one attached hydrogen (secondary N) is 1. The number of amidine groups is 1. The van der Waals surface area contributed by atoms with Crippen LogP contribution in [0.4, 0.5) is 5.69 Å². The molecule has 1 aromatic carbocycles. The summed E-state index contributed by atoms with van der Waals surface area (Å²) in [5, 5.41) is 3.29. The summed E-state index contributed by atoms with van der Waals surface area (Å²) in [6.45, 7) is 0. The van der Waals surface area contributed by atoms with Gasteiger partial charge in [-0.15, -0.1) is 0 Å². The van der Waals surface area contributed by atoms with Gasteiger partial charge in [-0.05, 0) is 48.2 Å². The number of benzene rings is 1. The van der Waals surface area contributed by atoms with Crippen molar-refractivity contribution < 1.29 is 13.9 Å². The highest BCUT2D eigenvalue weighted by Gasteiger charge is 2.23. The average Bonchev–Trinajstić information content (AvgIpc) is 3.11. The molecule has 6 heteroatoms. The molecule has 1 aliphatic heterocycles. The minimum atomic E-state index is -0.159. The van der Waals surface area contributed by atoms with E-state index in [2.05, 4.69) is 10.3 Å². The fraction of sp³-hybridized carbons (Fsp3) is 0.0667. The lowest BCUT2D eigenvalue weighted by Gasteiger charge is -1.99. The fourth-order valence-corrected chi connectivity index (χ4v) is 2.60. The molecule has 2 heterocycles. The van der Waals surface area contributed by atoms with E-state index in [0.717, 1.165) is 17.0 Å². The van der Waals surface area contributed by atoms with E-state index in [1.165, 1.54) is 11.8 Å². The molecule has 1 aliphatic rings. The van der Waals surface area contributed by atoms with E-state index in [9.17, 15) is 4.79 Å². The Morgan fingerprint density at radius 1 is 1.29 bits per heavy atom. The van der Waals surface area contributed by atoms with Gasteiger partial charge < -0.3 is 14.5 Å². The number of rotatable bonds is 3. The lowest BCUT2D eigenvalue weighted by Crippen LogP contribution is -2.19. The standard InChI is InChI=1S/C15H12N2O3S/c1-19-12-4-2-11(3-5-12)16-15-17-14(18)13(21-15)8-10-6-7-20-9-10/h2-9H,1H3,(H,16,17,18)/b13-8+. The fourth-order valence-electron chi connectivity index (χ4n) is 1.76. The Hall–Kier alpha value is -2.47. The van der Waals surface area contributed by atoms with Gasteiger partial charge in [0.2, 0.25) is 0 Å². The Morgan fingerprint density at radius 3 is 2.76 bits per heavy atom. The zero-order valence-corrected chi connectivity index (χ0v) is 12.0. The summed E-state index contributed by atoms with van der Waals surface area (Å²) in [5.41, 5.74) is 1.60. The zero-order chi connectivity index (χ0) is 14.7. The van der Waals surface area contributed by atoms with E-state index < -0.39 is 0 Å². The van der Waals surface area contributed by atoms with Crippen molar-refractivity contribution in [2.75, 3.05) is 7.11 Å². The van der Waals surface area contributed by atoms with Crippen molar-refractivity contribution >= 4 is 34.6 Å². The van der Waals surface area contributed by atoms with Crippen molar-refractivity contribution in [3.8, 4) is 5.75 Å². The van der Waals surface area contributed by atoms with Gasteiger partial charge in [0.15, 0.2) is 5.17 Å². The van der Waals surface area contributed by atoms with Crippen molar-refractivity contribution in [2.24, 2.45) is 4.99 Å². The van der Waals surface area contributed by atoms with Gasteiger partial charge in [-0.1, -0.05) is 0 Å². The van der Waals surface area contributed by atoms with Gasteiger partial charge in [0.1, 0.15) is 5.75 Å². The molecule has 2 aromatic rings. The van der Waals surface area contributed by atoms with Crippen molar-refractivity contribution in [1.29, 1.82) is 0 Å². The molecule has 5 nitrogen and oxygen atoms in total. The van der Waals surface area contributed by atoms with Crippen LogP contribution in [-0.4, -0.2) is 18.2 Å². The van der Waals surface area contributed by atoms with Crippen LogP contribution in [0.1, 0.15) is 5.56 Å². The number of amides is 1. The first-order chi connectivity index (χ1) is 10.2. The average molecular weight is 300 g/mol. The molecule has 0 spiro atoms. The van der Waals surface area contributed by atoms with Gasteiger partial charge in [0.05, 0.1) is 30.2 Å². The Morgan fingerprint density at radius 2 is 2.10 bits per heavy atom. The van der Waals surface area contributed by atoms with Crippen LogP contribution in [-0.2, 0) is 4.79 Å². The first kappa shape index (κ1) is 13.5. The molecule has 1 fully saturated rings. The molecule has 21 heavy (non-hydrogen) atoms. The number of furan rings is 1. The Bertz CT molecular complexity index is 703. The molecule has 0 aliphatic carbocycles. The summed E-state index contributed by atoms with van der Waals surface area (Å²) in [6, 6.07) is 9.10. The smallest absolute Gasteiger partial charge is 0.264 e. The van der Waals surface area contributed by atoms with E-state index >= 15 is 0 Å². The molecule has 1 aromatic heterocycles. The van der Waals surface area contributed by atoms with E-state index in [0.29, 0.717) is 10.1 Å². The van der Waals surface area contributed by atoms with Crippen LogP contribution in [0.15, 0.2) is 57.2 Å². The quantitative estimate of drug-likeness (QED) is 0.884. The predicted octanol–water partition coefficient (Wildman–Crippen LogP) is 3.18. The van der Waals surface area contributed by atoms with Crippen LogP contribution < -0.4 is 10.1 Å². The molecule has 0 atom stereocenters. The van der Waals surface area contributed by atoms with E-state index in [-0.39, 0.29) is 5.91 Å². The second-order valence-corrected chi connectivity index (χ2v) is 5.27. The second kappa shape index (κ2) is 5.88. The molecule has 106 valence electrons. The van der Waals surface area contributed by atoms with Crippen LogP contribution >= 0.6 is 11.8 Å². The third-order valence-corrected chi connectivity index (χ3v) is 3.70. The minimum Gasteiger partial charge on any atom is -0.497 e. The van der Waals surface area contributed by atoms with E-state index in [1.807, 2.05) is 24.3 Å². The molecule has 3 rings (SSSR count). The van der Waals surface area contributed by atoms with Crippen molar-refractivity contribution in [1.82, 2.24) is 5.32 Å². The highest BCUT2D eigenvalue weighted by atomic mass is 32.2. The Balaban J connectivity index is 1.78. The molecule has 0 saturated carbocycles. The van der Waals surface area contributed by atoms with E-state index in [4.69, 9.17) is 9.15 Å². The van der Waals surface area contributed by atoms with Gasteiger partial charge in [-0.3, -0.25) is 4.79 Å². The lowest BCUT2D eigenvalue weighted by atomic mass is 10.3. The molecule has 0 bridgehead atoms. The first-order valence-corrected chi connectivity index (χ1v) is 7.02. The second-order valence-electron chi connectivity index (χ2n) is 4.24. The summed E-state index contributed by atoms with van der Waals surface area (Å²) in [6.07, 6.45) is 4.91. The number of aliphatic imine (C=N–C) groups is 1. The summed E-state index contributed by atoms with van der Waals surface area (Å²) in [7, 11) is 1.61. The van der Waals surface area contributed by atoms with E-state index in [1.54, 1.807) is 31.8 Å². The van der Waals surface area contributed by atoms with Crippen LogP contribution in [0.25, 0.3) is 6.08 Å². The SMILES string of the molecule is COc1ccc(N=C2NC(=O)/C(=C\c3ccoc3)S2)cc1. The largest absolute Gasteiger partial charge is 0.497 e. The van der Waals surface area contributed by atoms with Gasteiger partial charge in [0.25, 0.3) is 5.91 Å². The maximum atomic E-state index is 11.9. The molecule has 0 unspecified atom stereocenters. The number of thioether (sulfide) groups is 1. The minimum absolute atomic E-state index is 0.159. The number of carbonyl (C=O) groups is 1. The summed E-state index contributed by atoms with van der Waals surface area (Å²) in [4.78, 5) is 16.8. The number of nitrogens with zero attached hydrogens (tertiary/aromatic N) is 1. The summed E-state index contributed by atoms with van der Waals surface area (Å²) in [5.74, 6) is 0.607. The number of ether oxygens (including phenoxy) is 1. The van der Waals surface area contributed by atoms with Crippen LogP contribution in [0, 0.1) is 0 Å². The summed E-state index contributed by atoms with van der Waals surface area (Å²) >= 11 is 1.30. The molecule has 1 saturated heterocycles. The monoisotopic (exact) mass is 300 g/mol. The topological polar surface area (TPSA) is 63.8 Å². The maximum absolute atomic E-state index is 11.9. The summed E-state index contributed by atoms with van der Waals surface area (Å²) < 4.78 is 10.1. The van der Waals surface area contributed by atoms with Gasteiger partial charge in [-0.25, -0.2) is 4.99 Å². The number of methoxy groups -OCH3 is 1. The van der Waals surface area contributed by atoms with Crippen LogP contribution in [0.3, 0.4) is 0 Å². The maximum Gasteiger partial charge on any atom is 0.264 e. The third kappa shape index (κ3) is 3.17. The Labute approximate surface area is 125 Å². The van der Waals surface area contributed by atoms with Crippen molar-refractivity contribution in [3.63, 3.8) is 0 Å². The zero-order valence-electron chi connectivity index (χ0n) is 11.2. The van der Waals surface area contributed by atoms with Crippen molar-refractivity contribution in [2.45, 2.75) is 0 Å². The van der Waals surface area contributed by atoms with Gasteiger partial charge in [0, 0.05) is 5.56 Å². The van der Waals surface area contributed by atoms with Crippen LogP contribution in [0.5, 0.6) is 5.75 Å². The predicted molar refractivity (Wildman–Crippen MR) is 82.5 cm³/mol. The number of hydrogen-bond acceptors (Lipinski definition) is 5. The van der Waals surface area contributed by atoms with Gasteiger partial charge >= 0.3 is 0 Å². The molecule has 1 N–H and O–H groups in total. The highest BCUT2D eigenvalue weighted by Crippen LogP contribution is 2.28. The third-order valence-electron chi connectivity index (χ3n) is 2.79. The number of carbonyl (C=O) groups excluding carboxylic acids is 1. The highest BCUT2D eigenvalue weighted by molar-refractivity contribution is 8.18. The molecular formula is C15H12N2O3S. The van der Waals surface area contributed by atoms with Crippen LogP contribution in [0.2, 0.25) is 0 Å². The van der Waals surface area contributed by atoms with Crippen molar-refractivity contribution in [3.05, 3.63) is 53.3 Å². The molecule has 0 radical (unpaired) electrons.